The molecule has 1 heterocycles. The molecule has 19 heavy (non-hydrogen) atoms. The molecule has 0 spiro atoms. The molecule has 0 amide bonds. The molecule has 0 aliphatic heterocycles. The van der Waals surface area contributed by atoms with Crippen molar-refractivity contribution in [3.8, 4) is 0 Å². The van der Waals surface area contributed by atoms with Crippen LogP contribution in [0.5, 0.6) is 0 Å². The van der Waals surface area contributed by atoms with Crippen molar-refractivity contribution in [2.45, 2.75) is 12.7 Å². The van der Waals surface area contributed by atoms with Crippen molar-refractivity contribution >= 4 is 28.3 Å². The molecule has 1 aromatic carbocycles. The molecule has 0 saturated carbocycles. The highest BCUT2D eigenvalue weighted by Gasteiger charge is 2.31. The smallest absolute Gasteiger partial charge is 0.416 e. The summed E-state index contributed by atoms with van der Waals surface area (Å²) in [6, 6.07) is 5.61. The Morgan fingerprint density at radius 1 is 1.16 bits per heavy atom. The second kappa shape index (κ2) is 5.40. The lowest BCUT2D eigenvalue weighted by atomic mass is 10.2. The van der Waals surface area contributed by atoms with Gasteiger partial charge in [0, 0.05) is 0 Å². The molecule has 0 radical (unpaired) electrons. The Morgan fingerprint density at radius 2 is 1.89 bits per heavy atom. The second-order valence-corrected chi connectivity index (χ2v) is 4.81. The number of rotatable bonds is 3. The van der Waals surface area contributed by atoms with E-state index in [4.69, 9.17) is 4.42 Å². The fourth-order valence-electron chi connectivity index (χ4n) is 1.47. The third-order valence-electron chi connectivity index (χ3n) is 2.38. The lowest BCUT2D eigenvalue weighted by Gasteiger charge is -2.10. The van der Waals surface area contributed by atoms with E-state index in [0.29, 0.717) is 15.6 Å². The highest BCUT2D eigenvalue weighted by atomic mass is 127. The summed E-state index contributed by atoms with van der Waals surface area (Å²) in [6.45, 7) is 0.112. The van der Waals surface area contributed by atoms with Crippen LogP contribution in [0.4, 0.5) is 23.2 Å². The van der Waals surface area contributed by atoms with Gasteiger partial charge in [0.05, 0.1) is 17.8 Å². The van der Waals surface area contributed by atoms with Gasteiger partial charge in [-0.25, -0.2) is 4.39 Å². The summed E-state index contributed by atoms with van der Waals surface area (Å²) in [4.78, 5) is 0. The standard InChI is InChI=1S/C12H8F4INO/c13-9-3-1-7(12(14,15)16)5-10(9)18-6-8-2-4-11(17)19-8/h1-5,18H,6H2. The van der Waals surface area contributed by atoms with Crippen molar-refractivity contribution in [3.05, 3.63) is 51.2 Å². The first-order chi connectivity index (χ1) is 8.86. The molecule has 0 aliphatic carbocycles. The van der Waals surface area contributed by atoms with Gasteiger partial charge in [-0.3, -0.25) is 0 Å². The third kappa shape index (κ3) is 3.62. The zero-order valence-corrected chi connectivity index (χ0v) is 11.5. The van der Waals surface area contributed by atoms with Gasteiger partial charge in [0.2, 0.25) is 0 Å². The molecule has 0 unspecified atom stereocenters. The second-order valence-electron chi connectivity index (χ2n) is 3.75. The number of hydrogen-bond donors (Lipinski definition) is 1. The van der Waals surface area contributed by atoms with Crippen LogP contribution in [0.25, 0.3) is 0 Å². The number of benzene rings is 1. The summed E-state index contributed by atoms with van der Waals surface area (Å²) in [5, 5.41) is 2.58. The summed E-state index contributed by atoms with van der Waals surface area (Å²) in [5.41, 5.74) is -1.10. The predicted octanol–water partition coefficient (Wildman–Crippen LogP) is 4.65. The SMILES string of the molecule is Fc1ccc(C(F)(F)F)cc1NCc1ccc(I)o1. The van der Waals surface area contributed by atoms with E-state index in [0.717, 1.165) is 12.1 Å². The van der Waals surface area contributed by atoms with Gasteiger partial charge < -0.3 is 9.73 Å². The number of alkyl halides is 3. The molecule has 2 rings (SSSR count). The average Bonchev–Trinajstić information content (AvgIpc) is 2.72. The van der Waals surface area contributed by atoms with Gasteiger partial charge in [-0.1, -0.05) is 0 Å². The van der Waals surface area contributed by atoms with Crippen LogP contribution >= 0.6 is 22.6 Å². The fraction of sp³-hybridized carbons (Fsp3) is 0.167. The number of anilines is 1. The molecular formula is C12H8F4INO. The zero-order chi connectivity index (χ0) is 14.0. The zero-order valence-electron chi connectivity index (χ0n) is 9.39. The van der Waals surface area contributed by atoms with Gasteiger partial charge in [0.15, 0.2) is 3.77 Å². The monoisotopic (exact) mass is 385 g/mol. The van der Waals surface area contributed by atoms with Gasteiger partial charge in [-0.05, 0) is 52.9 Å². The predicted molar refractivity (Wildman–Crippen MR) is 70.2 cm³/mol. The largest absolute Gasteiger partial charge is 0.454 e. The van der Waals surface area contributed by atoms with E-state index < -0.39 is 17.6 Å². The molecule has 0 saturated heterocycles. The van der Waals surface area contributed by atoms with Crippen LogP contribution in [0.2, 0.25) is 0 Å². The molecular weight excluding hydrogens is 377 g/mol. The molecule has 7 heteroatoms. The molecule has 2 nitrogen and oxygen atoms in total. The fourth-order valence-corrected chi connectivity index (χ4v) is 1.93. The Morgan fingerprint density at radius 3 is 2.47 bits per heavy atom. The number of halogens is 5. The quantitative estimate of drug-likeness (QED) is 0.615. The van der Waals surface area contributed by atoms with E-state index in [1.54, 1.807) is 12.1 Å². The number of nitrogens with one attached hydrogen (secondary N) is 1. The van der Waals surface area contributed by atoms with E-state index in [9.17, 15) is 17.6 Å². The van der Waals surface area contributed by atoms with Gasteiger partial charge in [-0.15, -0.1) is 0 Å². The van der Waals surface area contributed by atoms with Crippen molar-refractivity contribution in [1.29, 1.82) is 0 Å². The maximum Gasteiger partial charge on any atom is 0.416 e. The minimum Gasteiger partial charge on any atom is -0.454 e. The van der Waals surface area contributed by atoms with Crippen molar-refractivity contribution in [2.24, 2.45) is 0 Å². The molecule has 0 bridgehead atoms. The molecule has 1 aromatic heterocycles. The molecule has 102 valence electrons. The molecule has 0 atom stereocenters. The molecule has 2 aromatic rings. The van der Waals surface area contributed by atoms with Crippen molar-refractivity contribution in [2.75, 3.05) is 5.32 Å². The first-order valence-corrected chi connectivity index (χ1v) is 6.29. The van der Waals surface area contributed by atoms with Crippen molar-refractivity contribution in [1.82, 2.24) is 0 Å². The number of furan rings is 1. The van der Waals surface area contributed by atoms with Crippen LogP contribution in [0.1, 0.15) is 11.3 Å². The highest BCUT2D eigenvalue weighted by molar-refractivity contribution is 14.1. The van der Waals surface area contributed by atoms with E-state index in [2.05, 4.69) is 5.32 Å². The maximum absolute atomic E-state index is 13.4. The van der Waals surface area contributed by atoms with Crippen LogP contribution in [-0.4, -0.2) is 0 Å². The van der Waals surface area contributed by atoms with Crippen LogP contribution in [0, 0.1) is 9.58 Å². The molecule has 0 aliphatic rings. The Kier molecular flexibility index (Phi) is 4.02. The van der Waals surface area contributed by atoms with E-state index in [1.165, 1.54) is 0 Å². The minimum atomic E-state index is -4.50. The van der Waals surface area contributed by atoms with Crippen molar-refractivity contribution < 1.29 is 22.0 Å². The van der Waals surface area contributed by atoms with Crippen molar-refractivity contribution in [3.63, 3.8) is 0 Å². The topological polar surface area (TPSA) is 25.2 Å². The van der Waals surface area contributed by atoms with Gasteiger partial charge in [0.25, 0.3) is 0 Å². The van der Waals surface area contributed by atoms with Gasteiger partial charge in [-0.2, -0.15) is 13.2 Å². The average molecular weight is 385 g/mol. The third-order valence-corrected chi connectivity index (χ3v) is 2.96. The Labute approximate surface area is 119 Å². The number of hydrogen-bond acceptors (Lipinski definition) is 2. The maximum atomic E-state index is 13.4. The van der Waals surface area contributed by atoms with Gasteiger partial charge >= 0.3 is 6.18 Å². The summed E-state index contributed by atoms with van der Waals surface area (Å²) < 4.78 is 56.8. The van der Waals surface area contributed by atoms with Crippen LogP contribution in [0.3, 0.4) is 0 Å². The molecule has 1 N–H and O–H groups in total. The Bertz CT molecular complexity index is 579. The van der Waals surface area contributed by atoms with E-state index in [-0.39, 0.29) is 12.2 Å². The summed E-state index contributed by atoms with van der Waals surface area (Å²) in [5.74, 6) is -0.226. The first kappa shape index (κ1) is 14.2. The Balaban J connectivity index is 2.15. The van der Waals surface area contributed by atoms with Gasteiger partial charge in [0.1, 0.15) is 11.6 Å². The van der Waals surface area contributed by atoms with Crippen LogP contribution < -0.4 is 5.32 Å². The highest BCUT2D eigenvalue weighted by Crippen LogP contribution is 2.31. The van der Waals surface area contributed by atoms with Crippen LogP contribution in [-0.2, 0) is 12.7 Å². The lowest BCUT2D eigenvalue weighted by Crippen LogP contribution is -2.07. The summed E-state index contributed by atoms with van der Waals surface area (Å²) in [7, 11) is 0. The lowest BCUT2D eigenvalue weighted by molar-refractivity contribution is -0.137. The summed E-state index contributed by atoms with van der Waals surface area (Å²) >= 11 is 1.96. The summed E-state index contributed by atoms with van der Waals surface area (Å²) in [6.07, 6.45) is -4.50. The van der Waals surface area contributed by atoms with E-state index >= 15 is 0 Å². The normalized spacial score (nSPS) is 11.6. The van der Waals surface area contributed by atoms with Crippen LogP contribution in [0.15, 0.2) is 34.7 Å². The minimum absolute atomic E-state index is 0.112. The first-order valence-electron chi connectivity index (χ1n) is 5.21. The van der Waals surface area contributed by atoms with E-state index in [1.807, 2.05) is 22.6 Å². The Hall–Kier alpha value is -1.25. The molecule has 0 fully saturated rings.